The summed E-state index contributed by atoms with van der Waals surface area (Å²) in [6.07, 6.45) is 0. The van der Waals surface area contributed by atoms with E-state index < -0.39 is 6.61 Å². The van der Waals surface area contributed by atoms with Crippen LogP contribution < -0.4 is 16.0 Å². The molecule has 0 saturated carbocycles. The van der Waals surface area contributed by atoms with Crippen LogP contribution in [0.25, 0.3) is 10.9 Å². The molecule has 0 fully saturated rings. The highest BCUT2D eigenvalue weighted by Crippen LogP contribution is 2.30. The van der Waals surface area contributed by atoms with Crippen molar-refractivity contribution < 1.29 is 13.5 Å². The van der Waals surface area contributed by atoms with E-state index in [9.17, 15) is 8.78 Å². The first-order valence-corrected chi connectivity index (χ1v) is 5.35. The topological polar surface area (TPSA) is 60.2 Å². The molecule has 2 aromatic rings. The predicted molar refractivity (Wildman–Crippen MR) is 65.7 cm³/mol. The number of ether oxygens (including phenoxy) is 1. The van der Waals surface area contributed by atoms with Gasteiger partial charge >= 0.3 is 6.61 Å². The number of aryl methyl sites for hydroxylation is 1. The summed E-state index contributed by atoms with van der Waals surface area (Å²) in [6.45, 7) is 0.868. The fourth-order valence-corrected chi connectivity index (χ4v) is 1.82. The Kier molecular flexibility index (Phi) is 3.29. The lowest BCUT2D eigenvalue weighted by atomic mass is 10.1. The molecule has 0 aliphatic rings. The van der Waals surface area contributed by atoms with Crippen molar-refractivity contribution in [1.82, 2.24) is 4.98 Å². The van der Waals surface area contributed by atoms with Crippen LogP contribution in [0.2, 0.25) is 0 Å². The van der Waals surface area contributed by atoms with Gasteiger partial charge in [0.1, 0.15) is 5.75 Å². The van der Waals surface area contributed by atoms with E-state index in [2.05, 4.69) is 15.1 Å². The van der Waals surface area contributed by atoms with E-state index in [0.29, 0.717) is 16.6 Å². The van der Waals surface area contributed by atoms with Gasteiger partial charge in [0.2, 0.25) is 0 Å². The Morgan fingerprint density at radius 3 is 2.67 bits per heavy atom. The van der Waals surface area contributed by atoms with Gasteiger partial charge in [0.15, 0.2) is 0 Å². The number of pyridine rings is 1. The number of fused-ring (bicyclic) bond motifs is 1. The highest BCUT2D eigenvalue weighted by atomic mass is 19.3. The number of nitrogens with one attached hydrogen (secondary N) is 1. The first-order valence-electron chi connectivity index (χ1n) is 5.35. The van der Waals surface area contributed by atoms with Crippen molar-refractivity contribution in [1.29, 1.82) is 0 Å². The SMILES string of the molecule is Cc1nc2ccc(OC(F)F)cc2c(NN)c1C. The normalized spacial score (nSPS) is 11.0. The van der Waals surface area contributed by atoms with Crippen molar-refractivity contribution in [3.8, 4) is 5.75 Å². The van der Waals surface area contributed by atoms with Gasteiger partial charge in [0, 0.05) is 11.1 Å². The Bertz CT molecular complexity index is 587. The molecule has 3 N–H and O–H groups in total. The quantitative estimate of drug-likeness (QED) is 0.652. The maximum Gasteiger partial charge on any atom is 0.387 e. The first kappa shape index (κ1) is 12.5. The molecule has 2 rings (SSSR count). The van der Waals surface area contributed by atoms with E-state index in [-0.39, 0.29) is 5.75 Å². The molecule has 0 aliphatic carbocycles. The predicted octanol–water partition coefficient (Wildman–Crippen LogP) is 2.74. The summed E-state index contributed by atoms with van der Waals surface area (Å²) >= 11 is 0. The molecule has 1 aromatic heterocycles. The van der Waals surface area contributed by atoms with Crippen molar-refractivity contribution in [3.63, 3.8) is 0 Å². The van der Waals surface area contributed by atoms with Gasteiger partial charge in [-0.1, -0.05) is 0 Å². The largest absolute Gasteiger partial charge is 0.435 e. The zero-order chi connectivity index (χ0) is 13.3. The smallest absolute Gasteiger partial charge is 0.387 e. The number of benzene rings is 1. The molecule has 4 nitrogen and oxygen atoms in total. The van der Waals surface area contributed by atoms with Crippen LogP contribution in [-0.2, 0) is 0 Å². The summed E-state index contributed by atoms with van der Waals surface area (Å²) in [5, 5.41) is 0.652. The molecule has 0 atom stereocenters. The number of hydrogen-bond acceptors (Lipinski definition) is 4. The number of rotatable bonds is 3. The third kappa shape index (κ3) is 2.19. The molecule has 1 aromatic carbocycles. The lowest BCUT2D eigenvalue weighted by molar-refractivity contribution is -0.0497. The molecule has 0 radical (unpaired) electrons. The van der Waals surface area contributed by atoms with Crippen molar-refractivity contribution in [2.24, 2.45) is 5.84 Å². The van der Waals surface area contributed by atoms with Gasteiger partial charge in [-0.15, -0.1) is 0 Å². The van der Waals surface area contributed by atoms with Crippen LogP contribution in [0.15, 0.2) is 18.2 Å². The molecular weight excluding hydrogens is 240 g/mol. The molecule has 0 bridgehead atoms. The van der Waals surface area contributed by atoms with E-state index in [0.717, 1.165) is 11.3 Å². The van der Waals surface area contributed by atoms with Gasteiger partial charge in [0.05, 0.1) is 11.2 Å². The molecule has 0 spiro atoms. The maximum absolute atomic E-state index is 12.2. The second-order valence-corrected chi connectivity index (χ2v) is 3.90. The standard InChI is InChI=1S/C12H13F2N3O/c1-6-7(2)16-10-4-3-8(18-12(13)14)5-9(10)11(6)17-15/h3-5,12H,15H2,1-2H3,(H,16,17). The molecule has 6 heteroatoms. The second-order valence-electron chi connectivity index (χ2n) is 3.90. The number of hydrazine groups is 1. The summed E-state index contributed by atoms with van der Waals surface area (Å²) in [6, 6.07) is 4.58. The number of alkyl halides is 2. The summed E-state index contributed by atoms with van der Waals surface area (Å²) < 4.78 is 28.7. The Hall–Kier alpha value is -1.95. The van der Waals surface area contributed by atoms with E-state index in [1.165, 1.54) is 12.1 Å². The minimum absolute atomic E-state index is 0.0825. The minimum atomic E-state index is -2.85. The fraction of sp³-hybridized carbons (Fsp3) is 0.250. The molecule has 96 valence electrons. The second kappa shape index (κ2) is 4.73. The minimum Gasteiger partial charge on any atom is -0.435 e. The van der Waals surface area contributed by atoms with Gasteiger partial charge < -0.3 is 10.2 Å². The highest BCUT2D eigenvalue weighted by Gasteiger charge is 2.11. The molecule has 18 heavy (non-hydrogen) atoms. The number of anilines is 1. The van der Waals surface area contributed by atoms with Crippen molar-refractivity contribution >= 4 is 16.6 Å². The zero-order valence-corrected chi connectivity index (χ0v) is 10.00. The number of halogens is 2. The summed E-state index contributed by atoms with van der Waals surface area (Å²) in [7, 11) is 0. The van der Waals surface area contributed by atoms with Gasteiger partial charge in [-0.2, -0.15) is 8.78 Å². The van der Waals surface area contributed by atoms with Crippen molar-refractivity contribution in [2.75, 3.05) is 5.43 Å². The lowest BCUT2D eigenvalue weighted by Gasteiger charge is -2.13. The third-order valence-corrected chi connectivity index (χ3v) is 2.81. The fourth-order valence-electron chi connectivity index (χ4n) is 1.82. The number of nitrogens with zero attached hydrogens (tertiary/aromatic N) is 1. The average molecular weight is 253 g/mol. The highest BCUT2D eigenvalue weighted by molar-refractivity contribution is 5.94. The van der Waals surface area contributed by atoms with Crippen LogP contribution in [0.4, 0.5) is 14.5 Å². The molecule has 0 aliphatic heterocycles. The van der Waals surface area contributed by atoms with Crippen molar-refractivity contribution in [3.05, 3.63) is 29.5 Å². The van der Waals surface area contributed by atoms with E-state index in [1.54, 1.807) is 6.07 Å². The van der Waals surface area contributed by atoms with E-state index >= 15 is 0 Å². The zero-order valence-electron chi connectivity index (χ0n) is 10.00. The summed E-state index contributed by atoms with van der Waals surface area (Å²) in [5.74, 6) is 5.55. The number of hydrogen-bond donors (Lipinski definition) is 2. The summed E-state index contributed by atoms with van der Waals surface area (Å²) in [4.78, 5) is 4.37. The Morgan fingerprint density at radius 2 is 2.06 bits per heavy atom. The van der Waals surface area contributed by atoms with Crippen LogP contribution in [0.3, 0.4) is 0 Å². The van der Waals surface area contributed by atoms with Crippen LogP contribution in [0.5, 0.6) is 5.75 Å². The maximum atomic E-state index is 12.2. The van der Waals surface area contributed by atoms with E-state index in [1.807, 2.05) is 13.8 Å². The van der Waals surface area contributed by atoms with Crippen LogP contribution in [-0.4, -0.2) is 11.6 Å². The lowest BCUT2D eigenvalue weighted by Crippen LogP contribution is -2.10. The summed E-state index contributed by atoms with van der Waals surface area (Å²) in [5.41, 5.74) is 5.62. The van der Waals surface area contributed by atoms with Gasteiger partial charge in [0.25, 0.3) is 0 Å². The monoisotopic (exact) mass is 253 g/mol. The van der Waals surface area contributed by atoms with Gasteiger partial charge in [-0.25, -0.2) is 0 Å². The average Bonchev–Trinajstić information content (AvgIpc) is 2.31. The van der Waals surface area contributed by atoms with Gasteiger partial charge in [-0.05, 0) is 37.6 Å². The molecule has 0 amide bonds. The Balaban J connectivity index is 2.63. The van der Waals surface area contributed by atoms with Crippen LogP contribution in [0, 0.1) is 13.8 Å². The first-order chi connectivity index (χ1) is 8.52. The molecular formula is C12H13F2N3O. The molecule has 0 saturated heterocycles. The number of aromatic nitrogens is 1. The Morgan fingerprint density at radius 1 is 1.33 bits per heavy atom. The van der Waals surface area contributed by atoms with Gasteiger partial charge in [-0.3, -0.25) is 10.8 Å². The van der Waals surface area contributed by atoms with Crippen LogP contribution in [0.1, 0.15) is 11.3 Å². The number of nitrogens with two attached hydrogens (primary N) is 1. The third-order valence-electron chi connectivity index (χ3n) is 2.81. The molecule has 1 heterocycles. The van der Waals surface area contributed by atoms with E-state index in [4.69, 9.17) is 5.84 Å². The number of nitrogen functional groups attached to an aromatic ring is 1. The van der Waals surface area contributed by atoms with Crippen molar-refractivity contribution in [2.45, 2.75) is 20.5 Å². The van der Waals surface area contributed by atoms with Crippen LogP contribution >= 0.6 is 0 Å². The molecule has 0 unspecified atom stereocenters. The Labute approximate surface area is 103 Å².